The molecule has 0 spiro atoms. The zero-order valence-corrected chi connectivity index (χ0v) is 13.3. The molecule has 0 bridgehead atoms. The molecule has 1 aliphatic rings. The van der Waals surface area contributed by atoms with E-state index < -0.39 is 0 Å². The van der Waals surface area contributed by atoms with Crippen LogP contribution in [0.1, 0.15) is 77.2 Å². The van der Waals surface area contributed by atoms with Crippen molar-refractivity contribution in [2.75, 3.05) is 0 Å². The second-order valence-electron chi connectivity index (χ2n) is 6.52. The minimum absolute atomic E-state index is 0.0793. The average Bonchev–Trinajstić information content (AvgIpc) is 2.78. The molecule has 0 aliphatic heterocycles. The molecule has 0 nitrogen and oxygen atoms in total. The van der Waals surface area contributed by atoms with Gasteiger partial charge in [0.25, 0.3) is 0 Å². The van der Waals surface area contributed by atoms with E-state index in [-0.39, 0.29) is 5.82 Å². The largest absolute Gasteiger partial charge is 0.207 e. The number of hydrogen-bond acceptors (Lipinski definition) is 0. The van der Waals surface area contributed by atoms with Crippen molar-refractivity contribution in [3.63, 3.8) is 0 Å². The fourth-order valence-corrected chi connectivity index (χ4v) is 4.87. The van der Waals surface area contributed by atoms with E-state index in [1.54, 1.807) is 12.1 Å². The van der Waals surface area contributed by atoms with Crippen LogP contribution in [0.25, 0.3) is 0 Å². The van der Waals surface area contributed by atoms with Gasteiger partial charge < -0.3 is 0 Å². The van der Waals surface area contributed by atoms with E-state index >= 15 is 0 Å². The molecular formula is C19H29F. The summed E-state index contributed by atoms with van der Waals surface area (Å²) in [5, 5.41) is 0. The van der Waals surface area contributed by atoms with Crippen molar-refractivity contribution in [1.82, 2.24) is 0 Å². The van der Waals surface area contributed by atoms with Crippen molar-refractivity contribution < 1.29 is 4.39 Å². The first-order chi connectivity index (χ1) is 9.67. The monoisotopic (exact) mass is 276 g/mol. The SMILES string of the molecule is CCCC1(CCC)C(CC)CCC1c1cccc(F)c1. The summed E-state index contributed by atoms with van der Waals surface area (Å²) in [6, 6.07) is 7.37. The molecule has 2 rings (SSSR count). The molecule has 1 aromatic rings. The topological polar surface area (TPSA) is 0 Å². The quantitative estimate of drug-likeness (QED) is 0.570. The first-order valence-corrected chi connectivity index (χ1v) is 8.43. The predicted molar refractivity (Wildman–Crippen MR) is 84.4 cm³/mol. The predicted octanol–water partition coefficient (Wildman–Crippen LogP) is 6.32. The molecule has 0 amide bonds. The highest BCUT2D eigenvalue weighted by molar-refractivity contribution is 5.25. The van der Waals surface area contributed by atoms with Gasteiger partial charge in [-0.05, 0) is 60.6 Å². The standard InChI is InChI=1S/C19H29F/c1-4-12-19(13-5-2)16(6-3)10-11-18(19)15-8-7-9-17(20)14-15/h7-9,14,16,18H,4-6,10-13H2,1-3H3. The second-order valence-corrected chi connectivity index (χ2v) is 6.52. The number of benzene rings is 1. The lowest BCUT2D eigenvalue weighted by Crippen LogP contribution is -2.31. The zero-order valence-electron chi connectivity index (χ0n) is 13.3. The van der Waals surface area contributed by atoms with E-state index in [1.165, 1.54) is 50.5 Å². The van der Waals surface area contributed by atoms with Crippen LogP contribution in [0, 0.1) is 17.2 Å². The summed E-state index contributed by atoms with van der Waals surface area (Å²) >= 11 is 0. The Hall–Kier alpha value is -0.850. The van der Waals surface area contributed by atoms with Gasteiger partial charge in [-0.3, -0.25) is 0 Å². The maximum Gasteiger partial charge on any atom is 0.123 e. The second kappa shape index (κ2) is 6.74. The summed E-state index contributed by atoms with van der Waals surface area (Å²) in [4.78, 5) is 0. The lowest BCUT2D eigenvalue weighted by Gasteiger charge is -2.41. The van der Waals surface area contributed by atoms with Crippen LogP contribution in [0.5, 0.6) is 0 Å². The molecule has 0 saturated heterocycles. The van der Waals surface area contributed by atoms with Crippen LogP contribution >= 0.6 is 0 Å². The van der Waals surface area contributed by atoms with Crippen LogP contribution in [0.4, 0.5) is 4.39 Å². The van der Waals surface area contributed by atoms with E-state index in [0.717, 1.165) is 5.92 Å². The number of halogens is 1. The van der Waals surface area contributed by atoms with Gasteiger partial charge in [-0.2, -0.15) is 0 Å². The fraction of sp³-hybridized carbons (Fsp3) is 0.684. The van der Waals surface area contributed by atoms with Crippen LogP contribution < -0.4 is 0 Å². The van der Waals surface area contributed by atoms with E-state index in [0.29, 0.717) is 11.3 Å². The molecule has 20 heavy (non-hydrogen) atoms. The molecule has 1 fully saturated rings. The van der Waals surface area contributed by atoms with Crippen LogP contribution in [-0.2, 0) is 0 Å². The zero-order chi connectivity index (χ0) is 14.6. The van der Waals surface area contributed by atoms with Crippen molar-refractivity contribution in [2.24, 2.45) is 11.3 Å². The van der Waals surface area contributed by atoms with Gasteiger partial charge in [0.2, 0.25) is 0 Å². The highest BCUT2D eigenvalue weighted by atomic mass is 19.1. The highest BCUT2D eigenvalue weighted by Crippen LogP contribution is 2.59. The molecule has 0 aromatic heterocycles. The molecule has 1 heteroatoms. The van der Waals surface area contributed by atoms with E-state index in [1.807, 2.05) is 6.07 Å². The summed E-state index contributed by atoms with van der Waals surface area (Å²) in [5.41, 5.74) is 1.65. The van der Waals surface area contributed by atoms with Gasteiger partial charge in [0.1, 0.15) is 5.82 Å². The maximum absolute atomic E-state index is 13.6. The molecule has 0 radical (unpaired) electrons. The Kier molecular flexibility index (Phi) is 5.23. The normalized spacial score (nSPS) is 25.0. The molecular weight excluding hydrogens is 247 g/mol. The Labute approximate surface area is 123 Å². The van der Waals surface area contributed by atoms with Crippen LogP contribution in [-0.4, -0.2) is 0 Å². The summed E-state index contributed by atoms with van der Waals surface area (Å²) in [6.45, 7) is 6.93. The van der Waals surface area contributed by atoms with Crippen molar-refractivity contribution in [2.45, 2.75) is 71.6 Å². The van der Waals surface area contributed by atoms with Crippen molar-refractivity contribution in [3.05, 3.63) is 35.6 Å². The summed E-state index contributed by atoms with van der Waals surface area (Å²) in [6.07, 6.45) is 8.89. The average molecular weight is 276 g/mol. The van der Waals surface area contributed by atoms with Gasteiger partial charge in [0.15, 0.2) is 0 Å². The first kappa shape index (κ1) is 15.5. The molecule has 0 heterocycles. The van der Waals surface area contributed by atoms with Gasteiger partial charge in [-0.15, -0.1) is 0 Å². The molecule has 2 unspecified atom stereocenters. The molecule has 2 atom stereocenters. The molecule has 0 N–H and O–H groups in total. The fourth-order valence-electron chi connectivity index (χ4n) is 4.87. The number of rotatable bonds is 6. The van der Waals surface area contributed by atoms with E-state index in [2.05, 4.69) is 26.8 Å². The Bertz CT molecular complexity index is 418. The third-order valence-electron chi connectivity index (χ3n) is 5.49. The van der Waals surface area contributed by atoms with Gasteiger partial charge >= 0.3 is 0 Å². The Morgan fingerprint density at radius 3 is 2.35 bits per heavy atom. The van der Waals surface area contributed by atoms with Gasteiger partial charge in [-0.25, -0.2) is 4.39 Å². The summed E-state index contributed by atoms with van der Waals surface area (Å²) < 4.78 is 13.6. The third kappa shape index (κ3) is 2.77. The van der Waals surface area contributed by atoms with E-state index in [9.17, 15) is 4.39 Å². The minimum Gasteiger partial charge on any atom is -0.207 e. The Morgan fingerprint density at radius 2 is 1.80 bits per heavy atom. The Morgan fingerprint density at radius 1 is 1.10 bits per heavy atom. The van der Waals surface area contributed by atoms with E-state index in [4.69, 9.17) is 0 Å². The lowest BCUT2D eigenvalue weighted by molar-refractivity contribution is 0.133. The number of hydrogen-bond donors (Lipinski definition) is 0. The van der Waals surface area contributed by atoms with Crippen LogP contribution in [0.2, 0.25) is 0 Å². The van der Waals surface area contributed by atoms with Crippen LogP contribution in [0.3, 0.4) is 0 Å². The maximum atomic E-state index is 13.6. The molecule has 1 aromatic carbocycles. The van der Waals surface area contributed by atoms with Crippen LogP contribution in [0.15, 0.2) is 24.3 Å². The molecule has 112 valence electrons. The first-order valence-electron chi connectivity index (χ1n) is 8.43. The smallest absolute Gasteiger partial charge is 0.123 e. The Balaban J connectivity index is 2.39. The van der Waals surface area contributed by atoms with Gasteiger partial charge in [-0.1, -0.05) is 52.2 Å². The van der Waals surface area contributed by atoms with Gasteiger partial charge in [0.05, 0.1) is 0 Å². The van der Waals surface area contributed by atoms with Crippen molar-refractivity contribution >= 4 is 0 Å². The summed E-state index contributed by atoms with van der Waals surface area (Å²) in [7, 11) is 0. The highest BCUT2D eigenvalue weighted by Gasteiger charge is 2.48. The third-order valence-corrected chi connectivity index (χ3v) is 5.49. The molecule has 1 saturated carbocycles. The summed E-state index contributed by atoms with van der Waals surface area (Å²) in [5.74, 6) is 1.29. The van der Waals surface area contributed by atoms with Crippen molar-refractivity contribution in [3.8, 4) is 0 Å². The van der Waals surface area contributed by atoms with Gasteiger partial charge in [0, 0.05) is 0 Å². The minimum atomic E-state index is -0.0793. The molecule has 1 aliphatic carbocycles. The lowest BCUT2D eigenvalue weighted by atomic mass is 9.64. The van der Waals surface area contributed by atoms with Crippen molar-refractivity contribution in [1.29, 1.82) is 0 Å².